The molecular weight excluding hydrogens is 300 g/mol. The molecule has 2 aromatic rings. The largest absolute Gasteiger partial charge is 0.497 e. The highest BCUT2D eigenvalue weighted by atomic mass is 79.9. The van der Waals surface area contributed by atoms with Gasteiger partial charge in [0.25, 0.3) is 0 Å². The molecule has 0 fully saturated rings. The van der Waals surface area contributed by atoms with Gasteiger partial charge in [0.15, 0.2) is 5.13 Å². The highest BCUT2D eigenvalue weighted by molar-refractivity contribution is 9.10. The van der Waals surface area contributed by atoms with Crippen LogP contribution in [0, 0.1) is 0 Å². The van der Waals surface area contributed by atoms with Crippen molar-refractivity contribution in [3.05, 3.63) is 39.8 Å². The van der Waals surface area contributed by atoms with Crippen LogP contribution in [-0.4, -0.2) is 19.1 Å². The molecule has 1 heterocycles. The summed E-state index contributed by atoms with van der Waals surface area (Å²) >= 11 is 4.98. The van der Waals surface area contributed by atoms with Crippen molar-refractivity contribution >= 4 is 32.4 Å². The first-order valence-electron chi connectivity index (χ1n) is 5.14. The average molecular weight is 313 g/mol. The molecule has 1 aromatic heterocycles. The van der Waals surface area contributed by atoms with Crippen molar-refractivity contribution in [2.24, 2.45) is 0 Å². The Bertz CT molecular complexity index is 501. The first kappa shape index (κ1) is 12.4. The van der Waals surface area contributed by atoms with E-state index in [4.69, 9.17) is 4.74 Å². The molecule has 0 spiro atoms. The number of hydrogen-bond acceptors (Lipinski definition) is 4. The molecule has 0 aliphatic carbocycles. The van der Waals surface area contributed by atoms with Gasteiger partial charge in [-0.05, 0) is 33.6 Å². The van der Waals surface area contributed by atoms with E-state index in [1.54, 1.807) is 18.4 Å². The third-order valence-corrected chi connectivity index (χ3v) is 4.01. The van der Waals surface area contributed by atoms with Gasteiger partial charge in [0.2, 0.25) is 0 Å². The van der Waals surface area contributed by atoms with E-state index in [9.17, 15) is 0 Å². The zero-order chi connectivity index (χ0) is 12.3. The molecule has 2 rings (SSSR count). The zero-order valence-electron chi connectivity index (χ0n) is 9.68. The van der Waals surface area contributed by atoms with Crippen LogP contribution >= 0.6 is 27.3 Å². The summed E-state index contributed by atoms with van der Waals surface area (Å²) in [6.45, 7) is 0.817. The van der Waals surface area contributed by atoms with Gasteiger partial charge in [-0.3, -0.25) is 0 Å². The second-order valence-corrected chi connectivity index (χ2v) is 5.31. The lowest BCUT2D eigenvalue weighted by Gasteiger charge is -2.16. The van der Waals surface area contributed by atoms with Crippen LogP contribution in [0.4, 0.5) is 5.13 Å². The van der Waals surface area contributed by atoms with Gasteiger partial charge in [-0.15, -0.1) is 11.3 Å². The van der Waals surface area contributed by atoms with Crippen LogP contribution < -0.4 is 9.64 Å². The predicted molar refractivity (Wildman–Crippen MR) is 74.9 cm³/mol. The molecule has 0 atom stereocenters. The van der Waals surface area contributed by atoms with E-state index in [0.29, 0.717) is 0 Å². The van der Waals surface area contributed by atoms with E-state index in [-0.39, 0.29) is 0 Å². The number of benzene rings is 1. The summed E-state index contributed by atoms with van der Waals surface area (Å²) in [7, 11) is 3.71. The molecule has 3 nitrogen and oxygen atoms in total. The van der Waals surface area contributed by atoms with Gasteiger partial charge in [0.05, 0.1) is 7.11 Å². The van der Waals surface area contributed by atoms with Gasteiger partial charge in [-0.25, -0.2) is 4.98 Å². The molecule has 0 amide bonds. The van der Waals surface area contributed by atoms with Crippen LogP contribution in [0.3, 0.4) is 0 Å². The predicted octanol–water partition coefficient (Wildman–Crippen LogP) is 3.55. The Kier molecular flexibility index (Phi) is 4.02. The van der Waals surface area contributed by atoms with Crippen LogP contribution in [0.2, 0.25) is 0 Å². The fourth-order valence-corrected chi connectivity index (χ4v) is 2.75. The fraction of sp³-hybridized carbons (Fsp3) is 0.250. The molecule has 0 saturated heterocycles. The number of anilines is 1. The highest BCUT2D eigenvalue weighted by Gasteiger charge is 2.06. The van der Waals surface area contributed by atoms with E-state index in [2.05, 4.69) is 31.9 Å². The maximum atomic E-state index is 5.21. The molecule has 0 radical (unpaired) electrons. The lowest BCUT2D eigenvalue weighted by atomic mass is 10.2. The first-order valence-corrected chi connectivity index (χ1v) is 6.81. The maximum absolute atomic E-state index is 5.21. The number of halogens is 1. The topological polar surface area (TPSA) is 25.4 Å². The Balaban J connectivity index is 2.09. The van der Waals surface area contributed by atoms with Gasteiger partial charge in [-0.2, -0.15) is 0 Å². The summed E-state index contributed by atoms with van der Waals surface area (Å²) < 4.78 is 6.09. The van der Waals surface area contributed by atoms with Crippen molar-refractivity contribution in [3.63, 3.8) is 0 Å². The Hall–Kier alpha value is -1.07. The smallest absolute Gasteiger partial charge is 0.186 e. The molecule has 0 saturated carbocycles. The Morgan fingerprint density at radius 3 is 2.94 bits per heavy atom. The molecule has 0 unspecified atom stereocenters. The van der Waals surface area contributed by atoms with Gasteiger partial charge in [0, 0.05) is 19.0 Å². The minimum atomic E-state index is 0.817. The van der Waals surface area contributed by atoms with Crippen LogP contribution in [0.1, 0.15) is 5.56 Å². The standard InChI is InChI=1S/C12H13BrN2OS/c1-15(12-14-11(13)8-17-12)7-9-4-3-5-10(6-9)16-2/h3-6,8H,7H2,1-2H3. The second-order valence-electron chi connectivity index (χ2n) is 3.66. The first-order chi connectivity index (χ1) is 8.19. The second kappa shape index (κ2) is 5.51. The van der Waals surface area contributed by atoms with E-state index in [1.807, 2.05) is 30.6 Å². The van der Waals surface area contributed by atoms with Crippen LogP contribution in [0.15, 0.2) is 34.2 Å². The van der Waals surface area contributed by atoms with Crippen molar-refractivity contribution < 1.29 is 4.74 Å². The highest BCUT2D eigenvalue weighted by Crippen LogP contribution is 2.24. The normalized spacial score (nSPS) is 10.3. The summed E-state index contributed by atoms with van der Waals surface area (Å²) in [6, 6.07) is 8.07. The van der Waals surface area contributed by atoms with Gasteiger partial charge < -0.3 is 9.64 Å². The third kappa shape index (κ3) is 3.20. The van der Waals surface area contributed by atoms with E-state index in [1.165, 1.54) is 5.56 Å². The Morgan fingerprint density at radius 1 is 1.47 bits per heavy atom. The lowest BCUT2D eigenvalue weighted by molar-refractivity contribution is 0.414. The van der Waals surface area contributed by atoms with Crippen LogP contribution in [-0.2, 0) is 6.54 Å². The summed E-state index contributed by atoms with van der Waals surface area (Å²) in [4.78, 5) is 6.49. The third-order valence-electron chi connectivity index (χ3n) is 2.34. The zero-order valence-corrected chi connectivity index (χ0v) is 12.1. The summed E-state index contributed by atoms with van der Waals surface area (Å²) in [5.41, 5.74) is 1.21. The van der Waals surface area contributed by atoms with Crippen molar-refractivity contribution in [1.29, 1.82) is 0 Å². The molecule has 0 N–H and O–H groups in total. The number of nitrogens with zero attached hydrogens (tertiary/aromatic N) is 2. The molecule has 0 aliphatic rings. The Morgan fingerprint density at radius 2 is 2.29 bits per heavy atom. The number of methoxy groups -OCH3 is 1. The number of ether oxygens (including phenoxy) is 1. The quantitative estimate of drug-likeness (QED) is 0.863. The van der Waals surface area contributed by atoms with Gasteiger partial charge in [-0.1, -0.05) is 12.1 Å². The minimum Gasteiger partial charge on any atom is -0.497 e. The summed E-state index contributed by atoms with van der Waals surface area (Å²) in [6.07, 6.45) is 0. The monoisotopic (exact) mass is 312 g/mol. The SMILES string of the molecule is COc1cccc(CN(C)c2nc(Br)cs2)c1. The number of hydrogen-bond donors (Lipinski definition) is 0. The minimum absolute atomic E-state index is 0.817. The summed E-state index contributed by atoms with van der Waals surface area (Å²) in [5, 5.41) is 2.98. The Labute approximate surface area is 113 Å². The van der Waals surface area contributed by atoms with E-state index < -0.39 is 0 Å². The van der Waals surface area contributed by atoms with Crippen molar-refractivity contribution in [3.8, 4) is 5.75 Å². The number of rotatable bonds is 4. The van der Waals surface area contributed by atoms with E-state index in [0.717, 1.165) is 22.0 Å². The van der Waals surface area contributed by atoms with Crippen molar-refractivity contribution in [2.75, 3.05) is 19.1 Å². The molecule has 1 aromatic carbocycles. The molecule has 0 aliphatic heterocycles. The number of aromatic nitrogens is 1. The molecule has 90 valence electrons. The van der Waals surface area contributed by atoms with Crippen molar-refractivity contribution in [2.45, 2.75) is 6.54 Å². The molecular formula is C12H13BrN2OS. The maximum Gasteiger partial charge on any atom is 0.186 e. The fourth-order valence-electron chi connectivity index (χ4n) is 1.53. The number of thiazole rings is 1. The average Bonchev–Trinajstić information content (AvgIpc) is 2.76. The summed E-state index contributed by atoms with van der Waals surface area (Å²) in [5.74, 6) is 0.885. The van der Waals surface area contributed by atoms with Crippen LogP contribution in [0.25, 0.3) is 0 Å². The molecule has 17 heavy (non-hydrogen) atoms. The molecule has 0 bridgehead atoms. The van der Waals surface area contributed by atoms with Gasteiger partial charge >= 0.3 is 0 Å². The van der Waals surface area contributed by atoms with Crippen LogP contribution in [0.5, 0.6) is 5.75 Å². The van der Waals surface area contributed by atoms with Crippen molar-refractivity contribution in [1.82, 2.24) is 4.98 Å². The molecule has 5 heteroatoms. The van der Waals surface area contributed by atoms with E-state index >= 15 is 0 Å². The van der Waals surface area contributed by atoms with Gasteiger partial charge in [0.1, 0.15) is 10.4 Å². The lowest BCUT2D eigenvalue weighted by Crippen LogP contribution is -2.15.